The SMILES string of the molecule is COC(=O)c1cc(S(=O)(=O)Nc2nc3c(ccc4ccccc43)s2)cnc1C. The number of hydrogen-bond donors (Lipinski definition) is 1. The number of nitrogens with one attached hydrogen (secondary N) is 1. The van der Waals surface area contributed by atoms with Crippen molar-refractivity contribution in [2.24, 2.45) is 0 Å². The molecule has 142 valence electrons. The molecule has 0 saturated carbocycles. The molecular weight excluding hydrogens is 398 g/mol. The van der Waals surface area contributed by atoms with E-state index in [2.05, 4.69) is 19.4 Å². The van der Waals surface area contributed by atoms with Crippen LogP contribution in [-0.4, -0.2) is 31.5 Å². The summed E-state index contributed by atoms with van der Waals surface area (Å²) in [5.74, 6) is -0.645. The number of sulfonamides is 1. The van der Waals surface area contributed by atoms with Crippen LogP contribution in [0.1, 0.15) is 16.1 Å². The number of esters is 1. The third-order valence-corrected chi connectivity index (χ3v) is 6.65. The van der Waals surface area contributed by atoms with Gasteiger partial charge in [0.05, 0.1) is 28.6 Å². The number of pyridine rings is 1. The molecule has 7 nitrogen and oxygen atoms in total. The molecule has 0 aliphatic carbocycles. The number of nitrogens with zero attached hydrogens (tertiary/aromatic N) is 2. The Morgan fingerprint density at radius 3 is 2.75 bits per heavy atom. The van der Waals surface area contributed by atoms with Gasteiger partial charge in [-0.15, -0.1) is 0 Å². The number of aromatic nitrogens is 2. The van der Waals surface area contributed by atoms with Crippen molar-refractivity contribution in [1.82, 2.24) is 9.97 Å². The number of aryl methyl sites for hydroxylation is 1. The van der Waals surface area contributed by atoms with Gasteiger partial charge in [-0.05, 0) is 24.4 Å². The third kappa shape index (κ3) is 3.19. The number of anilines is 1. The van der Waals surface area contributed by atoms with E-state index < -0.39 is 16.0 Å². The van der Waals surface area contributed by atoms with E-state index in [9.17, 15) is 13.2 Å². The topological polar surface area (TPSA) is 98.2 Å². The van der Waals surface area contributed by atoms with E-state index in [-0.39, 0.29) is 15.6 Å². The van der Waals surface area contributed by atoms with Gasteiger partial charge in [0, 0.05) is 11.6 Å². The van der Waals surface area contributed by atoms with E-state index in [0.717, 1.165) is 21.0 Å². The molecular formula is C19H15N3O4S2. The number of thiazole rings is 1. The predicted molar refractivity (Wildman–Crippen MR) is 108 cm³/mol. The van der Waals surface area contributed by atoms with Gasteiger partial charge in [-0.3, -0.25) is 9.71 Å². The van der Waals surface area contributed by atoms with Gasteiger partial charge in [0.2, 0.25) is 0 Å². The van der Waals surface area contributed by atoms with Gasteiger partial charge in [-0.1, -0.05) is 41.7 Å². The number of hydrogen-bond acceptors (Lipinski definition) is 7. The molecule has 2 aromatic carbocycles. The maximum Gasteiger partial charge on any atom is 0.339 e. The van der Waals surface area contributed by atoms with Crippen molar-refractivity contribution in [3.05, 3.63) is 59.9 Å². The number of carbonyl (C=O) groups is 1. The van der Waals surface area contributed by atoms with Crippen LogP contribution in [-0.2, 0) is 14.8 Å². The summed E-state index contributed by atoms with van der Waals surface area (Å²) in [4.78, 5) is 20.2. The molecule has 0 saturated heterocycles. The smallest absolute Gasteiger partial charge is 0.339 e. The molecule has 0 unspecified atom stereocenters. The minimum absolute atomic E-state index is 0.0978. The lowest BCUT2D eigenvalue weighted by molar-refractivity contribution is 0.0599. The van der Waals surface area contributed by atoms with Crippen LogP contribution >= 0.6 is 11.3 Å². The van der Waals surface area contributed by atoms with Crippen LogP contribution in [0.2, 0.25) is 0 Å². The molecule has 0 aliphatic heterocycles. The Hall–Kier alpha value is -3.04. The van der Waals surface area contributed by atoms with Crippen molar-refractivity contribution in [3.8, 4) is 0 Å². The average Bonchev–Trinajstić information content (AvgIpc) is 3.09. The minimum Gasteiger partial charge on any atom is -0.465 e. The Labute approximate surface area is 165 Å². The number of rotatable bonds is 4. The fourth-order valence-corrected chi connectivity index (χ4v) is 4.94. The van der Waals surface area contributed by atoms with E-state index in [0.29, 0.717) is 5.69 Å². The summed E-state index contributed by atoms with van der Waals surface area (Å²) < 4.78 is 33.6. The summed E-state index contributed by atoms with van der Waals surface area (Å²) in [5.41, 5.74) is 1.22. The number of carbonyl (C=O) groups excluding carboxylic acids is 1. The summed E-state index contributed by atoms with van der Waals surface area (Å²) in [6.07, 6.45) is 1.20. The molecule has 2 aromatic heterocycles. The zero-order valence-corrected chi connectivity index (χ0v) is 16.6. The minimum atomic E-state index is -3.97. The van der Waals surface area contributed by atoms with Crippen LogP contribution < -0.4 is 4.72 Å². The van der Waals surface area contributed by atoms with E-state index >= 15 is 0 Å². The number of methoxy groups -OCH3 is 1. The molecule has 0 bridgehead atoms. The highest BCUT2D eigenvalue weighted by atomic mass is 32.2. The fourth-order valence-electron chi connectivity index (χ4n) is 2.86. The first-order valence-corrected chi connectivity index (χ1v) is 10.5. The average molecular weight is 413 g/mol. The normalized spacial score (nSPS) is 11.6. The van der Waals surface area contributed by atoms with Gasteiger partial charge < -0.3 is 4.74 Å². The molecule has 28 heavy (non-hydrogen) atoms. The van der Waals surface area contributed by atoms with Crippen LogP contribution in [0.4, 0.5) is 5.13 Å². The quantitative estimate of drug-likeness (QED) is 0.512. The van der Waals surface area contributed by atoms with Gasteiger partial charge in [0.25, 0.3) is 10.0 Å². The highest BCUT2D eigenvalue weighted by Crippen LogP contribution is 2.32. The van der Waals surface area contributed by atoms with Gasteiger partial charge in [0.1, 0.15) is 4.90 Å². The number of benzene rings is 2. The lowest BCUT2D eigenvalue weighted by atomic mass is 10.1. The zero-order valence-electron chi connectivity index (χ0n) is 15.0. The molecule has 0 fully saturated rings. The second-order valence-electron chi connectivity index (χ2n) is 6.05. The van der Waals surface area contributed by atoms with Crippen molar-refractivity contribution in [2.75, 3.05) is 11.8 Å². The standard InChI is InChI=1S/C19H15N3O4S2/c1-11-15(18(23)26-2)9-13(10-20-11)28(24,25)22-19-21-17-14-6-4-3-5-12(14)7-8-16(17)27-19/h3-10H,1-2H3,(H,21,22). The largest absolute Gasteiger partial charge is 0.465 e. The Balaban J connectivity index is 1.74. The summed E-state index contributed by atoms with van der Waals surface area (Å²) in [5, 5.41) is 2.22. The van der Waals surface area contributed by atoms with Crippen LogP contribution in [0.15, 0.2) is 53.6 Å². The van der Waals surface area contributed by atoms with Crippen LogP contribution in [0.5, 0.6) is 0 Å². The zero-order chi connectivity index (χ0) is 19.9. The molecule has 0 atom stereocenters. The first-order chi connectivity index (χ1) is 13.4. The van der Waals surface area contributed by atoms with E-state index in [1.165, 1.54) is 30.7 Å². The molecule has 4 aromatic rings. The van der Waals surface area contributed by atoms with E-state index in [1.54, 1.807) is 6.92 Å². The number of ether oxygens (including phenoxy) is 1. The summed E-state index contributed by atoms with van der Waals surface area (Å²) in [6, 6.07) is 12.9. The van der Waals surface area contributed by atoms with Crippen LogP contribution in [0.3, 0.4) is 0 Å². The highest BCUT2D eigenvalue weighted by molar-refractivity contribution is 7.93. The number of fused-ring (bicyclic) bond motifs is 3. The van der Waals surface area contributed by atoms with Crippen molar-refractivity contribution in [1.29, 1.82) is 0 Å². The highest BCUT2D eigenvalue weighted by Gasteiger charge is 2.21. The van der Waals surface area contributed by atoms with Crippen molar-refractivity contribution in [3.63, 3.8) is 0 Å². The molecule has 1 N–H and O–H groups in total. The van der Waals surface area contributed by atoms with Gasteiger partial charge in [-0.25, -0.2) is 18.2 Å². The maximum absolute atomic E-state index is 12.8. The van der Waals surface area contributed by atoms with E-state index in [1.807, 2.05) is 36.4 Å². The van der Waals surface area contributed by atoms with Crippen molar-refractivity contribution < 1.29 is 17.9 Å². The molecule has 4 rings (SSSR count). The first-order valence-electron chi connectivity index (χ1n) is 8.25. The summed E-state index contributed by atoms with van der Waals surface area (Å²) in [6.45, 7) is 1.61. The molecule has 0 amide bonds. The van der Waals surface area contributed by atoms with Crippen LogP contribution in [0, 0.1) is 6.92 Å². The second kappa shape index (κ2) is 6.84. The molecule has 9 heteroatoms. The Kier molecular flexibility index (Phi) is 4.48. The predicted octanol–water partition coefficient (Wildman–Crippen LogP) is 3.74. The lowest BCUT2D eigenvalue weighted by Crippen LogP contribution is -2.15. The first kappa shape index (κ1) is 18.3. The molecule has 2 heterocycles. The molecule has 0 spiro atoms. The maximum atomic E-state index is 12.8. The summed E-state index contributed by atoms with van der Waals surface area (Å²) in [7, 11) is -2.74. The van der Waals surface area contributed by atoms with Crippen LogP contribution in [0.25, 0.3) is 21.0 Å². The fraction of sp³-hybridized carbons (Fsp3) is 0.105. The van der Waals surface area contributed by atoms with Gasteiger partial charge >= 0.3 is 5.97 Å². The third-order valence-electron chi connectivity index (χ3n) is 4.28. The van der Waals surface area contributed by atoms with E-state index in [4.69, 9.17) is 0 Å². The van der Waals surface area contributed by atoms with Crippen molar-refractivity contribution >= 4 is 53.5 Å². The van der Waals surface area contributed by atoms with Crippen molar-refractivity contribution in [2.45, 2.75) is 11.8 Å². The Morgan fingerprint density at radius 2 is 1.96 bits per heavy atom. The second-order valence-corrected chi connectivity index (χ2v) is 8.77. The van der Waals surface area contributed by atoms with Gasteiger partial charge in [-0.2, -0.15) is 0 Å². The van der Waals surface area contributed by atoms with Gasteiger partial charge in [0.15, 0.2) is 5.13 Å². The Morgan fingerprint density at radius 1 is 1.18 bits per heavy atom. The monoisotopic (exact) mass is 413 g/mol. The molecule has 0 aliphatic rings. The Bertz CT molecular complexity index is 1330. The summed E-state index contributed by atoms with van der Waals surface area (Å²) >= 11 is 1.24. The molecule has 0 radical (unpaired) electrons. The lowest BCUT2D eigenvalue weighted by Gasteiger charge is -2.08.